The molecule has 2 fully saturated rings. The van der Waals surface area contributed by atoms with Gasteiger partial charge in [-0.2, -0.15) is 0 Å². The minimum atomic E-state index is -1.07. The summed E-state index contributed by atoms with van der Waals surface area (Å²) in [7, 11) is 0. The lowest BCUT2D eigenvalue weighted by Gasteiger charge is -2.41. The van der Waals surface area contributed by atoms with Crippen molar-refractivity contribution in [2.75, 3.05) is 5.75 Å². The second kappa shape index (κ2) is 8.37. The van der Waals surface area contributed by atoms with Gasteiger partial charge in [-0.25, -0.2) is 0 Å². The molecule has 29 heavy (non-hydrogen) atoms. The summed E-state index contributed by atoms with van der Waals surface area (Å²) < 4.78 is 0. The molecule has 0 saturated heterocycles. The van der Waals surface area contributed by atoms with E-state index in [1.165, 1.54) is 30.2 Å². The molecule has 3 rings (SSSR count). The second-order valence-corrected chi connectivity index (χ2v) is 11.4. The summed E-state index contributed by atoms with van der Waals surface area (Å²) in [6, 6.07) is 0. The van der Waals surface area contributed by atoms with Crippen molar-refractivity contribution >= 4 is 11.8 Å². The molecular weight excluding hydrogens is 380 g/mol. The summed E-state index contributed by atoms with van der Waals surface area (Å²) in [5.41, 5.74) is 4.18. The lowest BCUT2D eigenvalue weighted by Crippen LogP contribution is -2.39. The molecule has 0 heterocycles. The lowest BCUT2D eigenvalue weighted by atomic mass is 9.64. The lowest BCUT2D eigenvalue weighted by molar-refractivity contribution is 0.0576. The smallest absolute Gasteiger partial charge is 0.117 e. The fourth-order valence-electron chi connectivity index (χ4n) is 5.37. The quantitative estimate of drug-likeness (QED) is 0.419. The van der Waals surface area contributed by atoms with Crippen molar-refractivity contribution < 1.29 is 15.3 Å². The molecule has 3 aliphatic rings. The van der Waals surface area contributed by atoms with Gasteiger partial charge in [0.05, 0.1) is 11.7 Å². The Morgan fingerprint density at radius 3 is 2.72 bits per heavy atom. The Kier molecular flexibility index (Phi) is 6.60. The SMILES string of the molecule is C=C1C(=CC=C2CCC[C@]3(C)C(CC)=CC[C@@H]23)C[C@](O)(SCC(C)(C)O)C[C@@H]1O. The van der Waals surface area contributed by atoms with Crippen LogP contribution in [0.3, 0.4) is 0 Å². The highest BCUT2D eigenvalue weighted by atomic mass is 32.2. The van der Waals surface area contributed by atoms with Crippen molar-refractivity contribution in [2.45, 2.75) is 89.3 Å². The van der Waals surface area contributed by atoms with Crippen LogP contribution in [0.4, 0.5) is 0 Å². The molecular formula is C25H38O3S. The summed E-state index contributed by atoms with van der Waals surface area (Å²) in [6.45, 7) is 12.3. The first-order valence-corrected chi connectivity index (χ1v) is 12.0. The maximum atomic E-state index is 11.1. The normalized spacial score (nSPS) is 38.4. The number of hydrogen-bond donors (Lipinski definition) is 3. The summed E-state index contributed by atoms with van der Waals surface area (Å²) in [5, 5.41) is 31.6. The summed E-state index contributed by atoms with van der Waals surface area (Å²) in [5.74, 6) is 0.997. The van der Waals surface area contributed by atoms with Crippen LogP contribution in [-0.4, -0.2) is 37.7 Å². The highest BCUT2D eigenvalue weighted by molar-refractivity contribution is 8.00. The average molecular weight is 419 g/mol. The number of rotatable bonds is 5. The van der Waals surface area contributed by atoms with Crippen LogP contribution in [0.25, 0.3) is 0 Å². The Balaban J connectivity index is 1.80. The molecule has 0 unspecified atom stereocenters. The number of hydrogen-bond acceptors (Lipinski definition) is 4. The van der Waals surface area contributed by atoms with Gasteiger partial charge in [0.1, 0.15) is 4.93 Å². The predicted octanol–water partition coefficient (Wildman–Crippen LogP) is 5.29. The van der Waals surface area contributed by atoms with E-state index in [0.717, 1.165) is 24.8 Å². The van der Waals surface area contributed by atoms with E-state index in [1.54, 1.807) is 19.4 Å². The van der Waals surface area contributed by atoms with E-state index in [-0.39, 0.29) is 6.42 Å². The number of thioether (sulfide) groups is 1. The Hall–Kier alpha value is -0.810. The van der Waals surface area contributed by atoms with Gasteiger partial charge in [0.15, 0.2) is 0 Å². The van der Waals surface area contributed by atoms with Crippen molar-refractivity contribution in [1.29, 1.82) is 0 Å². The Morgan fingerprint density at radius 2 is 2.07 bits per heavy atom. The van der Waals surface area contributed by atoms with Crippen molar-refractivity contribution in [2.24, 2.45) is 11.3 Å². The van der Waals surface area contributed by atoms with Gasteiger partial charge in [-0.1, -0.05) is 49.8 Å². The molecule has 3 N–H and O–H groups in total. The fraction of sp³-hybridized carbons (Fsp3) is 0.680. The Labute approximate surface area is 180 Å². The molecule has 3 nitrogen and oxygen atoms in total. The largest absolute Gasteiger partial charge is 0.390 e. The number of aliphatic hydroxyl groups excluding tert-OH is 1. The maximum absolute atomic E-state index is 11.1. The predicted molar refractivity (Wildman–Crippen MR) is 123 cm³/mol. The zero-order valence-corrected chi connectivity index (χ0v) is 19.3. The van der Waals surface area contributed by atoms with Gasteiger partial charge < -0.3 is 15.3 Å². The van der Waals surface area contributed by atoms with Crippen LogP contribution in [0.15, 0.2) is 47.1 Å². The van der Waals surface area contributed by atoms with Crippen LogP contribution < -0.4 is 0 Å². The van der Waals surface area contributed by atoms with Crippen molar-refractivity contribution in [1.82, 2.24) is 0 Å². The third kappa shape index (κ3) is 4.92. The molecule has 0 amide bonds. The Bertz CT molecular complexity index is 742. The molecule has 162 valence electrons. The first-order valence-electron chi connectivity index (χ1n) is 11.0. The molecule has 4 heteroatoms. The van der Waals surface area contributed by atoms with E-state index in [9.17, 15) is 15.3 Å². The van der Waals surface area contributed by atoms with Crippen LogP contribution in [0.1, 0.15) is 72.6 Å². The fourth-order valence-corrected chi connectivity index (χ4v) is 6.53. The third-order valence-electron chi connectivity index (χ3n) is 7.08. The van der Waals surface area contributed by atoms with Crippen molar-refractivity contribution in [3.8, 4) is 0 Å². The van der Waals surface area contributed by atoms with Gasteiger partial charge in [0.2, 0.25) is 0 Å². The second-order valence-electron chi connectivity index (χ2n) is 10.0. The molecule has 0 aliphatic heterocycles. The summed E-state index contributed by atoms with van der Waals surface area (Å²) in [6.07, 6.45) is 12.6. The molecule has 0 aromatic rings. The average Bonchev–Trinajstić information content (AvgIpc) is 2.98. The van der Waals surface area contributed by atoms with Crippen LogP contribution in [0.2, 0.25) is 0 Å². The molecule has 4 atom stereocenters. The molecule has 0 bridgehead atoms. The topological polar surface area (TPSA) is 60.7 Å². The highest BCUT2D eigenvalue weighted by Crippen LogP contribution is 2.55. The first-order chi connectivity index (χ1) is 13.5. The van der Waals surface area contributed by atoms with Crippen LogP contribution in [-0.2, 0) is 0 Å². The van der Waals surface area contributed by atoms with E-state index in [4.69, 9.17) is 0 Å². The Morgan fingerprint density at radius 1 is 1.34 bits per heavy atom. The number of allylic oxidation sites excluding steroid dienone is 5. The molecule has 2 saturated carbocycles. The molecule has 0 aromatic carbocycles. The minimum absolute atomic E-state index is 0.255. The van der Waals surface area contributed by atoms with E-state index < -0.39 is 16.6 Å². The van der Waals surface area contributed by atoms with E-state index >= 15 is 0 Å². The van der Waals surface area contributed by atoms with Crippen LogP contribution >= 0.6 is 11.8 Å². The zero-order valence-electron chi connectivity index (χ0n) is 18.5. The highest BCUT2D eigenvalue weighted by Gasteiger charge is 2.44. The summed E-state index contributed by atoms with van der Waals surface area (Å²) in [4.78, 5) is -1.07. The molecule has 3 aliphatic carbocycles. The van der Waals surface area contributed by atoms with Crippen molar-refractivity contribution in [3.05, 3.63) is 47.1 Å². The molecule has 0 spiro atoms. The minimum Gasteiger partial charge on any atom is -0.390 e. The number of aliphatic hydroxyl groups is 3. The van der Waals surface area contributed by atoms with Crippen LogP contribution in [0.5, 0.6) is 0 Å². The van der Waals surface area contributed by atoms with E-state index in [2.05, 4.69) is 38.7 Å². The van der Waals surface area contributed by atoms with E-state index in [0.29, 0.717) is 29.1 Å². The van der Waals surface area contributed by atoms with E-state index in [1.807, 2.05) is 0 Å². The molecule has 0 radical (unpaired) electrons. The molecule has 0 aromatic heterocycles. The van der Waals surface area contributed by atoms with Gasteiger partial charge in [0.25, 0.3) is 0 Å². The monoisotopic (exact) mass is 418 g/mol. The maximum Gasteiger partial charge on any atom is 0.117 e. The van der Waals surface area contributed by atoms with Gasteiger partial charge in [-0.15, -0.1) is 11.8 Å². The van der Waals surface area contributed by atoms with Gasteiger partial charge in [-0.05, 0) is 68.4 Å². The van der Waals surface area contributed by atoms with Gasteiger partial charge in [0, 0.05) is 18.6 Å². The van der Waals surface area contributed by atoms with Gasteiger partial charge in [-0.3, -0.25) is 0 Å². The number of fused-ring (bicyclic) bond motifs is 1. The first kappa shape index (κ1) is 22.9. The van der Waals surface area contributed by atoms with Gasteiger partial charge >= 0.3 is 0 Å². The zero-order chi connectivity index (χ0) is 21.4. The third-order valence-corrected chi connectivity index (χ3v) is 8.78. The van der Waals surface area contributed by atoms with Crippen LogP contribution in [0, 0.1) is 11.3 Å². The standard InChI is InChI=1S/C25H38O3S/c1-6-20-11-12-21-18(8-7-13-24(20,21)5)9-10-19-14-25(28,15-22(26)17(19)2)29-16-23(3,4)27/h9-11,21-22,26-28H,2,6-8,12-16H2,1,3-5H3/t21-,22-,24+,25-/m0/s1. The summed E-state index contributed by atoms with van der Waals surface area (Å²) >= 11 is 1.33. The van der Waals surface area contributed by atoms with Crippen molar-refractivity contribution in [3.63, 3.8) is 0 Å².